The minimum Gasteiger partial charge on any atom is -0.497 e. The van der Waals surface area contributed by atoms with Crippen molar-refractivity contribution in [1.29, 1.82) is 0 Å². The lowest BCUT2D eigenvalue weighted by Crippen LogP contribution is -2.49. The van der Waals surface area contributed by atoms with Crippen LogP contribution in [-0.4, -0.2) is 73.4 Å². The second kappa shape index (κ2) is 11.8. The van der Waals surface area contributed by atoms with Gasteiger partial charge in [-0.3, -0.25) is 14.6 Å². The molecule has 1 fully saturated rings. The first-order chi connectivity index (χ1) is 18.5. The van der Waals surface area contributed by atoms with Crippen molar-refractivity contribution in [3.63, 3.8) is 0 Å². The molecule has 198 valence electrons. The van der Waals surface area contributed by atoms with E-state index < -0.39 is 0 Å². The van der Waals surface area contributed by atoms with E-state index in [2.05, 4.69) is 65.3 Å². The minimum absolute atomic E-state index is 0.00601. The molecule has 7 heteroatoms. The number of nitrogens with zero attached hydrogens (tertiary/aromatic N) is 4. The zero-order valence-corrected chi connectivity index (χ0v) is 22.5. The molecule has 38 heavy (non-hydrogen) atoms. The molecule has 2 aliphatic rings. The van der Waals surface area contributed by atoms with E-state index in [1.54, 1.807) is 19.2 Å². The third-order valence-corrected chi connectivity index (χ3v) is 7.42. The van der Waals surface area contributed by atoms with Gasteiger partial charge in [-0.25, -0.2) is 5.01 Å². The van der Waals surface area contributed by atoms with Crippen LogP contribution in [0.15, 0.2) is 77.9 Å². The molecule has 1 unspecified atom stereocenters. The molecule has 2 heterocycles. The number of ether oxygens (including phenoxy) is 2. The smallest absolute Gasteiger partial charge is 0.257 e. The molecule has 2 aliphatic heterocycles. The first kappa shape index (κ1) is 25.9. The van der Waals surface area contributed by atoms with E-state index in [9.17, 15) is 4.79 Å². The first-order valence-electron chi connectivity index (χ1n) is 13.2. The van der Waals surface area contributed by atoms with Gasteiger partial charge in [0, 0.05) is 50.8 Å². The lowest BCUT2D eigenvalue weighted by Gasteiger charge is -2.35. The highest BCUT2D eigenvalue weighted by molar-refractivity contribution is 6.03. The predicted octanol–water partition coefficient (Wildman–Crippen LogP) is 4.51. The number of methoxy groups -OCH3 is 2. The number of amides is 1. The van der Waals surface area contributed by atoms with Crippen molar-refractivity contribution in [3.8, 4) is 11.5 Å². The summed E-state index contributed by atoms with van der Waals surface area (Å²) in [6.07, 6.45) is 0.627. The largest absolute Gasteiger partial charge is 0.497 e. The standard InChI is InChI=1S/C31H36N4O3/c1-23-9-11-25(12-10-23)28-20-29(27-14-13-26(37-2)19-30(27)38-3)35(32-28)31(36)22-34-17-15-33(16-18-34)21-24-7-5-4-6-8-24/h4-14,19,29H,15-18,20-22H2,1-3H3. The number of hydrogen-bond acceptors (Lipinski definition) is 6. The summed E-state index contributed by atoms with van der Waals surface area (Å²) in [5.74, 6) is 1.42. The molecule has 7 nitrogen and oxygen atoms in total. The SMILES string of the molecule is COc1ccc(C2CC(c3ccc(C)cc3)=NN2C(=O)CN2CCN(Cc3ccccc3)CC2)c(OC)c1. The van der Waals surface area contributed by atoms with Crippen molar-refractivity contribution in [2.45, 2.75) is 25.9 Å². The van der Waals surface area contributed by atoms with Crippen LogP contribution in [0.5, 0.6) is 11.5 Å². The van der Waals surface area contributed by atoms with Gasteiger partial charge in [-0.15, -0.1) is 0 Å². The van der Waals surface area contributed by atoms with E-state index >= 15 is 0 Å². The van der Waals surface area contributed by atoms with E-state index in [-0.39, 0.29) is 11.9 Å². The number of carbonyl (C=O) groups is 1. The maximum atomic E-state index is 13.7. The summed E-state index contributed by atoms with van der Waals surface area (Å²) in [5.41, 5.74) is 5.40. The highest BCUT2D eigenvalue weighted by Gasteiger charge is 2.36. The minimum atomic E-state index is -0.237. The molecule has 3 aromatic carbocycles. The van der Waals surface area contributed by atoms with E-state index in [4.69, 9.17) is 14.6 Å². The van der Waals surface area contributed by atoms with Crippen LogP contribution in [-0.2, 0) is 11.3 Å². The molecule has 0 N–H and O–H groups in total. The zero-order chi connectivity index (χ0) is 26.5. The first-order valence-corrected chi connectivity index (χ1v) is 13.2. The monoisotopic (exact) mass is 512 g/mol. The third kappa shape index (κ3) is 5.90. The molecule has 0 radical (unpaired) electrons. The molecule has 3 aromatic rings. The van der Waals surface area contributed by atoms with Crippen LogP contribution in [0, 0.1) is 6.92 Å². The molecule has 1 amide bonds. The normalized spacial score (nSPS) is 18.3. The fourth-order valence-corrected chi connectivity index (χ4v) is 5.21. The van der Waals surface area contributed by atoms with E-state index in [0.29, 0.717) is 18.7 Å². The van der Waals surface area contributed by atoms with Crippen molar-refractivity contribution < 1.29 is 14.3 Å². The molecule has 0 aromatic heterocycles. The van der Waals surface area contributed by atoms with Crippen LogP contribution >= 0.6 is 0 Å². The van der Waals surface area contributed by atoms with Crippen LogP contribution in [0.25, 0.3) is 0 Å². The van der Waals surface area contributed by atoms with E-state index in [1.165, 1.54) is 11.1 Å². The summed E-state index contributed by atoms with van der Waals surface area (Å²) < 4.78 is 11.1. The fourth-order valence-electron chi connectivity index (χ4n) is 5.21. The molecule has 0 spiro atoms. The average molecular weight is 513 g/mol. The maximum Gasteiger partial charge on any atom is 0.257 e. The second-order valence-corrected chi connectivity index (χ2v) is 10.0. The summed E-state index contributed by atoms with van der Waals surface area (Å²) in [6, 6.07) is 24.4. The number of hydrogen-bond donors (Lipinski definition) is 0. The molecule has 0 saturated carbocycles. The Balaban J connectivity index is 1.31. The predicted molar refractivity (Wildman–Crippen MR) is 150 cm³/mol. The quantitative estimate of drug-likeness (QED) is 0.445. The van der Waals surface area contributed by atoms with Crippen LogP contribution in [0.1, 0.15) is 34.7 Å². The van der Waals surface area contributed by atoms with Crippen molar-refractivity contribution in [1.82, 2.24) is 14.8 Å². The van der Waals surface area contributed by atoms with Gasteiger partial charge in [0.2, 0.25) is 0 Å². The van der Waals surface area contributed by atoms with Gasteiger partial charge in [0.1, 0.15) is 11.5 Å². The zero-order valence-electron chi connectivity index (χ0n) is 22.5. The molecule has 0 aliphatic carbocycles. The van der Waals surface area contributed by atoms with Crippen molar-refractivity contribution in [2.75, 3.05) is 46.9 Å². The Morgan fingerprint density at radius 1 is 0.895 bits per heavy atom. The molecule has 5 rings (SSSR count). The topological polar surface area (TPSA) is 57.6 Å². The Hall–Kier alpha value is -3.68. The van der Waals surface area contributed by atoms with Crippen LogP contribution in [0.4, 0.5) is 0 Å². The van der Waals surface area contributed by atoms with Gasteiger partial charge in [0.15, 0.2) is 0 Å². The van der Waals surface area contributed by atoms with Gasteiger partial charge in [-0.1, -0.05) is 60.2 Å². The molecular formula is C31H36N4O3. The molecule has 0 bridgehead atoms. The number of hydrazone groups is 1. The molecule has 1 saturated heterocycles. The third-order valence-electron chi connectivity index (χ3n) is 7.42. The van der Waals surface area contributed by atoms with Gasteiger partial charge in [0.05, 0.1) is 32.5 Å². The molecule has 1 atom stereocenters. The Bertz CT molecular complexity index is 1270. The summed E-state index contributed by atoms with van der Waals surface area (Å²) >= 11 is 0. The second-order valence-electron chi connectivity index (χ2n) is 10.0. The highest BCUT2D eigenvalue weighted by atomic mass is 16.5. The summed E-state index contributed by atoms with van der Waals surface area (Å²) in [4.78, 5) is 18.4. The van der Waals surface area contributed by atoms with Gasteiger partial charge < -0.3 is 9.47 Å². The fraction of sp³-hybridized carbons (Fsp3) is 0.355. The van der Waals surface area contributed by atoms with Crippen LogP contribution in [0.3, 0.4) is 0 Å². The lowest BCUT2D eigenvalue weighted by molar-refractivity contribution is -0.134. The number of piperazine rings is 1. The van der Waals surface area contributed by atoms with E-state index in [1.807, 2.05) is 24.3 Å². The average Bonchev–Trinajstić information content (AvgIpc) is 3.40. The van der Waals surface area contributed by atoms with E-state index in [0.717, 1.165) is 55.3 Å². The lowest BCUT2D eigenvalue weighted by atomic mass is 9.97. The van der Waals surface area contributed by atoms with Gasteiger partial charge in [-0.05, 0) is 30.2 Å². The van der Waals surface area contributed by atoms with Crippen LogP contribution < -0.4 is 9.47 Å². The van der Waals surface area contributed by atoms with Crippen molar-refractivity contribution >= 4 is 11.6 Å². The Morgan fingerprint density at radius 2 is 1.61 bits per heavy atom. The van der Waals surface area contributed by atoms with Gasteiger partial charge in [0.25, 0.3) is 5.91 Å². The Morgan fingerprint density at radius 3 is 2.29 bits per heavy atom. The number of carbonyl (C=O) groups excluding carboxylic acids is 1. The number of benzene rings is 3. The summed E-state index contributed by atoms with van der Waals surface area (Å²) in [5, 5.41) is 6.55. The Labute approximate surface area is 225 Å². The number of aryl methyl sites for hydroxylation is 1. The Kier molecular flexibility index (Phi) is 8.05. The van der Waals surface area contributed by atoms with Crippen molar-refractivity contribution in [2.24, 2.45) is 5.10 Å². The highest BCUT2D eigenvalue weighted by Crippen LogP contribution is 2.39. The summed E-state index contributed by atoms with van der Waals surface area (Å²) in [7, 11) is 3.29. The maximum absolute atomic E-state index is 13.7. The number of rotatable bonds is 8. The van der Waals surface area contributed by atoms with Gasteiger partial charge in [-0.2, -0.15) is 5.10 Å². The van der Waals surface area contributed by atoms with Crippen molar-refractivity contribution in [3.05, 3.63) is 95.1 Å². The molecular weight excluding hydrogens is 476 g/mol. The van der Waals surface area contributed by atoms with Gasteiger partial charge >= 0.3 is 0 Å². The summed E-state index contributed by atoms with van der Waals surface area (Å²) in [6.45, 7) is 6.96. The van der Waals surface area contributed by atoms with Crippen LogP contribution in [0.2, 0.25) is 0 Å².